The lowest BCUT2D eigenvalue weighted by molar-refractivity contribution is 0.0951. The molecule has 4 rings (SSSR count). The highest BCUT2D eigenvalue weighted by Crippen LogP contribution is 2.29. The zero-order chi connectivity index (χ0) is 17.8. The van der Waals surface area contributed by atoms with Crippen LogP contribution in [-0.2, 0) is 17.0 Å². The monoisotopic (exact) mass is 373 g/mol. The number of nitrogens with zero attached hydrogens (tertiary/aromatic N) is 5. The smallest absolute Gasteiger partial charge is 0.228 e. The minimum atomic E-state index is 0.280. The van der Waals surface area contributed by atoms with Gasteiger partial charge in [0.1, 0.15) is 0 Å². The first-order valence-electron chi connectivity index (χ1n) is 9.62. The molecule has 0 radical (unpaired) electrons. The van der Waals surface area contributed by atoms with Gasteiger partial charge in [0.15, 0.2) is 5.16 Å². The Morgan fingerprint density at radius 1 is 1.19 bits per heavy atom. The van der Waals surface area contributed by atoms with Crippen LogP contribution < -0.4 is 4.90 Å². The summed E-state index contributed by atoms with van der Waals surface area (Å²) in [5, 5.41) is 10.1. The first-order chi connectivity index (χ1) is 12.8. The zero-order valence-corrected chi connectivity index (χ0v) is 16.2. The molecule has 2 aromatic rings. The largest absolute Gasteiger partial charge is 0.376 e. The number of rotatable bonds is 6. The molecule has 2 saturated heterocycles. The molecular formula is C19H27N5OS. The molecule has 0 amide bonds. The van der Waals surface area contributed by atoms with E-state index >= 15 is 0 Å². The molecule has 7 heteroatoms. The summed E-state index contributed by atoms with van der Waals surface area (Å²) in [6, 6.07) is 6.03. The molecular weight excluding hydrogens is 346 g/mol. The fourth-order valence-electron chi connectivity index (χ4n) is 3.60. The van der Waals surface area contributed by atoms with Gasteiger partial charge in [0.05, 0.1) is 18.3 Å². The van der Waals surface area contributed by atoms with E-state index in [0.717, 1.165) is 67.6 Å². The lowest BCUT2D eigenvalue weighted by Gasteiger charge is -2.31. The van der Waals surface area contributed by atoms with Crippen molar-refractivity contribution in [2.24, 2.45) is 5.92 Å². The van der Waals surface area contributed by atoms with Crippen LogP contribution in [0.25, 0.3) is 0 Å². The highest BCUT2D eigenvalue weighted by molar-refractivity contribution is 7.98. The van der Waals surface area contributed by atoms with E-state index in [1.807, 2.05) is 18.3 Å². The molecule has 6 nitrogen and oxygen atoms in total. The van der Waals surface area contributed by atoms with Crippen molar-refractivity contribution in [3.05, 3.63) is 30.1 Å². The van der Waals surface area contributed by atoms with Crippen LogP contribution in [0.4, 0.5) is 5.95 Å². The van der Waals surface area contributed by atoms with Crippen LogP contribution >= 0.6 is 11.8 Å². The summed E-state index contributed by atoms with van der Waals surface area (Å²) in [6.45, 7) is 6.19. The van der Waals surface area contributed by atoms with E-state index in [0.29, 0.717) is 0 Å². The molecule has 2 aromatic heterocycles. The molecule has 0 spiro atoms. The Morgan fingerprint density at radius 2 is 2.08 bits per heavy atom. The van der Waals surface area contributed by atoms with Gasteiger partial charge in [-0.15, -0.1) is 10.2 Å². The maximum atomic E-state index is 5.89. The third kappa shape index (κ3) is 4.20. The molecule has 2 aliphatic heterocycles. The second-order valence-electron chi connectivity index (χ2n) is 7.31. The van der Waals surface area contributed by atoms with Crippen molar-refractivity contribution in [2.45, 2.75) is 56.2 Å². The predicted molar refractivity (Wildman–Crippen MR) is 103 cm³/mol. The quantitative estimate of drug-likeness (QED) is 0.724. The van der Waals surface area contributed by atoms with Gasteiger partial charge in [0, 0.05) is 31.6 Å². The molecule has 0 N–H and O–H groups in total. The SMILES string of the molecule is CC1CCN(c2nnc(SCc3ccccn3)n2CC2CCCO2)CC1. The highest BCUT2D eigenvalue weighted by Gasteiger charge is 2.25. The second-order valence-corrected chi connectivity index (χ2v) is 8.25. The number of anilines is 1. The zero-order valence-electron chi connectivity index (χ0n) is 15.4. The van der Waals surface area contributed by atoms with E-state index in [2.05, 4.69) is 37.6 Å². The number of aromatic nitrogens is 4. The van der Waals surface area contributed by atoms with Gasteiger partial charge in [0.25, 0.3) is 0 Å². The molecule has 0 aliphatic carbocycles. The molecule has 4 heterocycles. The van der Waals surface area contributed by atoms with Crippen molar-refractivity contribution < 1.29 is 4.74 Å². The van der Waals surface area contributed by atoms with Crippen LogP contribution in [0.5, 0.6) is 0 Å². The third-order valence-corrected chi connectivity index (χ3v) is 6.25. The fourth-order valence-corrected chi connectivity index (χ4v) is 4.46. The van der Waals surface area contributed by atoms with Gasteiger partial charge in [-0.2, -0.15) is 0 Å². The van der Waals surface area contributed by atoms with Crippen molar-refractivity contribution in [1.82, 2.24) is 19.7 Å². The summed E-state index contributed by atoms with van der Waals surface area (Å²) in [5.41, 5.74) is 1.07. The topological polar surface area (TPSA) is 56.1 Å². The average Bonchev–Trinajstić information content (AvgIpc) is 3.32. The Balaban J connectivity index is 1.52. The molecule has 0 saturated carbocycles. The normalized spacial score (nSPS) is 21.4. The first-order valence-corrected chi connectivity index (χ1v) is 10.6. The van der Waals surface area contributed by atoms with Crippen molar-refractivity contribution >= 4 is 17.7 Å². The number of thioether (sulfide) groups is 1. The van der Waals surface area contributed by atoms with E-state index < -0.39 is 0 Å². The number of pyridine rings is 1. The predicted octanol–water partition coefficient (Wildman–Crippen LogP) is 3.38. The third-order valence-electron chi connectivity index (χ3n) is 5.25. The van der Waals surface area contributed by atoms with Gasteiger partial charge < -0.3 is 9.64 Å². The van der Waals surface area contributed by atoms with Gasteiger partial charge in [-0.3, -0.25) is 9.55 Å². The summed E-state index contributed by atoms with van der Waals surface area (Å²) < 4.78 is 8.16. The minimum absolute atomic E-state index is 0.280. The van der Waals surface area contributed by atoms with Crippen LogP contribution in [0.15, 0.2) is 29.6 Å². The molecule has 1 atom stereocenters. The summed E-state index contributed by atoms with van der Waals surface area (Å²) in [5.74, 6) is 2.62. The van der Waals surface area contributed by atoms with Gasteiger partial charge in [-0.1, -0.05) is 24.8 Å². The highest BCUT2D eigenvalue weighted by atomic mass is 32.2. The van der Waals surface area contributed by atoms with E-state index in [1.165, 1.54) is 12.8 Å². The number of hydrogen-bond donors (Lipinski definition) is 0. The molecule has 1 unspecified atom stereocenters. The van der Waals surface area contributed by atoms with Crippen LogP contribution in [0.3, 0.4) is 0 Å². The maximum Gasteiger partial charge on any atom is 0.228 e. The lowest BCUT2D eigenvalue weighted by atomic mass is 10.00. The minimum Gasteiger partial charge on any atom is -0.376 e. The van der Waals surface area contributed by atoms with Crippen molar-refractivity contribution in [1.29, 1.82) is 0 Å². The molecule has 0 aromatic carbocycles. The van der Waals surface area contributed by atoms with E-state index in [1.54, 1.807) is 11.8 Å². The van der Waals surface area contributed by atoms with Crippen molar-refractivity contribution in [3.8, 4) is 0 Å². The van der Waals surface area contributed by atoms with E-state index in [4.69, 9.17) is 4.74 Å². The van der Waals surface area contributed by atoms with Gasteiger partial charge >= 0.3 is 0 Å². The second kappa shape index (κ2) is 8.39. The Labute approximate surface area is 159 Å². The average molecular weight is 374 g/mol. The van der Waals surface area contributed by atoms with E-state index in [9.17, 15) is 0 Å². The number of piperidine rings is 1. The molecule has 2 aliphatic rings. The molecule has 0 bridgehead atoms. The lowest BCUT2D eigenvalue weighted by Crippen LogP contribution is -2.35. The van der Waals surface area contributed by atoms with Crippen molar-refractivity contribution in [3.63, 3.8) is 0 Å². The number of hydrogen-bond acceptors (Lipinski definition) is 6. The molecule has 26 heavy (non-hydrogen) atoms. The van der Waals surface area contributed by atoms with Crippen LogP contribution in [0.1, 0.15) is 38.3 Å². The Hall–Kier alpha value is -1.60. The standard InChI is InChI=1S/C19H27N5OS/c1-15-7-10-23(11-8-15)18-21-22-19(24(18)13-17-6-4-12-25-17)26-14-16-5-2-3-9-20-16/h2-3,5,9,15,17H,4,6-8,10-14H2,1H3. The van der Waals surface area contributed by atoms with Crippen LogP contribution in [0, 0.1) is 5.92 Å². The van der Waals surface area contributed by atoms with Gasteiger partial charge in [-0.25, -0.2) is 0 Å². The van der Waals surface area contributed by atoms with Gasteiger partial charge in [0.2, 0.25) is 5.95 Å². The van der Waals surface area contributed by atoms with E-state index in [-0.39, 0.29) is 6.10 Å². The van der Waals surface area contributed by atoms with Crippen LogP contribution in [0.2, 0.25) is 0 Å². The summed E-state index contributed by atoms with van der Waals surface area (Å²) in [4.78, 5) is 6.81. The maximum absolute atomic E-state index is 5.89. The van der Waals surface area contributed by atoms with Gasteiger partial charge in [-0.05, 0) is 43.7 Å². The van der Waals surface area contributed by atoms with Crippen molar-refractivity contribution in [2.75, 3.05) is 24.6 Å². The first kappa shape index (κ1) is 17.8. The van der Waals surface area contributed by atoms with Crippen LogP contribution in [-0.4, -0.2) is 45.5 Å². The Bertz CT molecular complexity index is 693. The molecule has 140 valence electrons. The summed E-state index contributed by atoms with van der Waals surface area (Å²) >= 11 is 1.71. The molecule has 2 fully saturated rings. The summed E-state index contributed by atoms with van der Waals surface area (Å²) in [7, 11) is 0. The Kier molecular flexibility index (Phi) is 5.75. The number of ether oxygens (including phenoxy) is 1. The Morgan fingerprint density at radius 3 is 2.81 bits per heavy atom. The fraction of sp³-hybridized carbons (Fsp3) is 0.632. The summed E-state index contributed by atoms with van der Waals surface area (Å²) in [6.07, 6.45) is 6.85.